The molecule has 1 aromatic rings. The van der Waals surface area contributed by atoms with Crippen LogP contribution in [0.1, 0.15) is 25.8 Å². The Kier molecular flexibility index (Phi) is 5.15. The second-order valence-corrected chi connectivity index (χ2v) is 5.28. The Morgan fingerprint density at radius 1 is 1.53 bits per heavy atom. The molecule has 1 amide bonds. The summed E-state index contributed by atoms with van der Waals surface area (Å²) in [6.45, 7) is 5.97. The van der Waals surface area contributed by atoms with Gasteiger partial charge >= 0.3 is 0 Å². The summed E-state index contributed by atoms with van der Waals surface area (Å²) in [5.74, 6) is 0.0583. The van der Waals surface area contributed by atoms with Crippen LogP contribution in [0.25, 0.3) is 0 Å². The van der Waals surface area contributed by atoms with Gasteiger partial charge in [0.1, 0.15) is 0 Å². The van der Waals surface area contributed by atoms with E-state index in [-0.39, 0.29) is 11.8 Å². The maximum Gasteiger partial charge on any atom is 0.241 e. The van der Waals surface area contributed by atoms with Gasteiger partial charge in [0.2, 0.25) is 5.91 Å². The van der Waals surface area contributed by atoms with Gasteiger partial charge < -0.3 is 11.1 Å². The molecule has 0 aliphatic heterocycles. The molecule has 0 saturated heterocycles. The van der Waals surface area contributed by atoms with Crippen molar-refractivity contribution in [2.75, 3.05) is 5.32 Å². The third-order valence-corrected chi connectivity index (χ3v) is 3.51. The minimum absolute atomic E-state index is 0.124. The molecule has 1 aromatic carbocycles. The van der Waals surface area contributed by atoms with Crippen molar-refractivity contribution < 1.29 is 4.79 Å². The fourth-order valence-corrected chi connectivity index (χ4v) is 1.82. The number of amides is 1. The van der Waals surface area contributed by atoms with Gasteiger partial charge in [0.25, 0.3) is 0 Å². The Balaban J connectivity index is 2.77. The first-order chi connectivity index (χ1) is 7.95. The Bertz CT molecular complexity index is 406. The lowest BCUT2D eigenvalue weighted by molar-refractivity contribution is -0.118. The van der Waals surface area contributed by atoms with E-state index in [1.54, 1.807) is 0 Å². The number of anilines is 1. The van der Waals surface area contributed by atoms with Crippen molar-refractivity contribution >= 4 is 27.5 Å². The fourth-order valence-electron chi connectivity index (χ4n) is 1.46. The number of carbonyl (C=O) groups is 1. The zero-order valence-corrected chi connectivity index (χ0v) is 12.0. The van der Waals surface area contributed by atoms with Crippen LogP contribution in [0.3, 0.4) is 0 Å². The molecule has 0 aliphatic rings. The van der Waals surface area contributed by atoms with E-state index in [0.29, 0.717) is 0 Å². The van der Waals surface area contributed by atoms with Crippen LogP contribution in [0.4, 0.5) is 5.69 Å². The normalized spacial score (nSPS) is 14.2. The molecule has 4 heteroatoms. The maximum absolute atomic E-state index is 11.9. The van der Waals surface area contributed by atoms with E-state index in [9.17, 15) is 4.79 Å². The molecule has 0 aliphatic carbocycles. The monoisotopic (exact) mass is 298 g/mol. The fraction of sp³-hybridized carbons (Fsp3) is 0.462. The molecule has 3 N–H and O–H groups in total. The molecule has 2 atom stereocenters. The average molecular weight is 299 g/mol. The van der Waals surface area contributed by atoms with Crippen molar-refractivity contribution in [1.82, 2.24) is 0 Å². The lowest BCUT2D eigenvalue weighted by Gasteiger charge is -2.18. The van der Waals surface area contributed by atoms with Crippen molar-refractivity contribution in [3.05, 3.63) is 28.2 Å². The Morgan fingerprint density at radius 3 is 2.76 bits per heavy atom. The van der Waals surface area contributed by atoms with E-state index >= 15 is 0 Å². The van der Waals surface area contributed by atoms with Crippen molar-refractivity contribution in [2.45, 2.75) is 33.2 Å². The van der Waals surface area contributed by atoms with E-state index in [1.165, 1.54) is 0 Å². The first-order valence-electron chi connectivity index (χ1n) is 5.78. The molecule has 94 valence electrons. The van der Waals surface area contributed by atoms with Gasteiger partial charge in [0.15, 0.2) is 0 Å². The maximum atomic E-state index is 11.9. The summed E-state index contributed by atoms with van der Waals surface area (Å²) in [4.78, 5) is 11.9. The lowest BCUT2D eigenvalue weighted by Crippen LogP contribution is -2.40. The number of halogens is 1. The zero-order chi connectivity index (χ0) is 13.0. The summed E-state index contributed by atoms with van der Waals surface area (Å²) < 4.78 is 0.940. The van der Waals surface area contributed by atoms with Gasteiger partial charge in [-0.2, -0.15) is 0 Å². The second kappa shape index (κ2) is 6.17. The summed E-state index contributed by atoms with van der Waals surface area (Å²) in [7, 11) is 0. The quantitative estimate of drug-likeness (QED) is 0.897. The van der Waals surface area contributed by atoms with Crippen molar-refractivity contribution in [3.8, 4) is 0 Å². The number of carbonyl (C=O) groups excluding carboxylic acids is 1. The van der Waals surface area contributed by atoms with Crippen molar-refractivity contribution in [1.29, 1.82) is 0 Å². The van der Waals surface area contributed by atoms with Crippen LogP contribution in [-0.2, 0) is 4.79 Å². The number of nitrogens with one attached hydrogen (secondary N) is 1. The highest BCUT2D eigenvalue weighted by atomic mass is 79.9. The first-order valence-corrected chi connectivity index (χ1v) is 6.57. The van der Waals surface area contributed by atoms with Crippen LogP contribution in [0, 0.1) is 12.8 Å². The molecule has 0 radical (unpaired) electrons. The summed E-state index contributed by atoms with van der Waals surface area (Å²) in [6, 6.07) is 5.32. The summed E-state index contributed by atoms with van der Waals surface area (Å²) in [5.41, 5.74) is 7.72. The molecule has 0 fully saturated rings. The van der Waals surface area contributed by atoms with Crippen molar-refractivity contribution in [3.63, 3.8) is 0 Å². The van der Waals surface area contributed by atoms with Gasteiger partial charge in [-0.3, -0.25) is 4.79 Å². The Labute approximate surface area is 111 Å². The topological polar surface area (TPSA) is 55.1 Å². The Morgan fingerprint density at radius 2 is 2.18 bits per heavy atom. The summed E-state index contributed by atoms with van der Waals surface area (Å²) in [6.07, 6.45) is 0.895. The van der Waals surface area contributed by atoms with Crippen LogP contribution in [0.5, 0.6) is 0 Å². The molecule has 3 nitrogen and oxygen atoms in total. The van der Waals surface area contributed by atoms with Gasteiger partial charge in [-0.05, 0) is 30.5 Å². The predicted octanol–water partition coefficient (Wildman–Crippen LogP) is 3.07. The average Bonchev–Trinajstić information content (AvgIpc) is 2.31. The second-order valence-electron chi connectivity index (χ2n) is 4.36. The SMILES string of the molecule is CCC(C)[C@H](N)C(=O)Nc1cc(Br)ccc1C. The van der Waals surface area contributed by atoms with Gasteiger partial charge in [-0.25, -0.2) is 0 Å². The molecule has 0 bridgehead atoms. The van der Waals surface area contributed by atoms with Gasteiger partial charge in [0, 0.05) is 10.2 Å². The predicted molar refractivity (Wildman–Crippen MR) is 74.9 cm³/mol. The molecule has 0 heterocycles. The van der Waals surface area contributed by atoms with E-state index in [2.05, 4.69) is 21.2 Å². The molecule has 1 rings (SSSR count). The van der Waals surface area contributed by atoms with Crippen LogP contribution < -0.4 is 11.1 Å². The van der Waals surface area contributed by atoms with Gasteiger partial charge in [0.05, 0.1) is 6.04 Å². The molecular formula is C13H19BrN2O. The third kappa shape index (κ3) is 3.82. The molecule has 1 unspecified atom stereocenters. The number of hydrogen-bond donors (Lipinski definition) is 2. The van der Waals surface area contributed by atoms with E-state index in [1.807, 2.05) is 39.0 Å². The van der Waals surface area contributed by atoms with Gasteiger partial charge in [-0.15, -0.1) is 0 Å². The molecular weight excluding hydrogens is 280 g/mol. The minimum atomic E-state index is -0.460. The first kappa shape index (κ1) is 14.2. The molecule has 0 spiro atoms. The number of benzene rings is 1. The summed E-state index contributed by atoms with van der Waals surface area (Å²) in [5, 5.41) is 2.87. The lowest BCUT2D eigenvalue weighted by atomic mass is 9.99. The van der Waals surface area contributed by atoms with Crippen LogP contribution in [0.15, 0.2) is 22.7 Å². The van der Waals surface area contributed by atoms with E-state index < -0.39 is 6.04 Å². The molecule has 0 aromatic heterocycles. The highest BCUT2D eigenvalue weighted by Crippen LogP contribution is 2.21. The number of rotatable bonds is 4. The molecule has 0 saturated carbocycles. The number of hydrogen-bond acceptors (Lipinski definition) is 2. The van der Waals surface area contributed by atoms with E-state index in [4.69, 9.17) is 5.73 Å². The molecule has 17 heavy (non-hydrogen) atoms. The zero-order valence-electron chi connectivity index (χ0n) is 10.5. The summed E-state index contributed by atoms with van der Waals surface area (Å²) >= 11 is 3.38. The smallest absolute Gasteiger partial charge is 0.241 e. The van der Waals surface area contributed by atoms with Crippen LogP contribution in [-0.4, -0.2) is 11.9 Å². The largest absolute Gasteiger partial charge is 0.324 e. The van der Waals surface area contributed by atoms with Crippen LogP contribution >= 0.6 is 15.9 Å². The van der Waals surface area contributed by atoms with Gasteiger partial charge in [-0.1, -0.05) is 42.3 Å². The number of nitrogens with two attached hydrogens (primary N) is 1. The Hall–Kier alpha value is -0.870. The highest BCUT2D eigenvalue weighted by Gasteiger charge is 2.19. The minimum Gasteiger partial charge on any atom is -0.324 e. The number of aryl methyl sites for hydroxylation is 1. The third-order valence-electron chi connectivity index (χ3n) is 3.02. The van der Waals surface area contributed by atoms with Crippen molar-refractivity contribution in [2.24, 2.45) is 11.7 Å². The van der Waals surface area contributed by atoms with E-state index in [0.717, 1.165) is 22.1 Å². The van der Waals surface area contributed by atoms with Crippen LogP contribution in [0.2, 0.25) is 0 Å². The standard InChI is InChI=1S/C13H19BrN2O/c1-4-8(2)12(15)13(17)16-11-7-10(14)6-5-9(11)3/h5-8,12H,4,15H2,1-3H3,(H,16,17)/t8?,12-/m0/s1. The highest BCUT2D eigenvalue weighted by molar-refractivity contribution is 9.10.